The van der Waals surface area contributed by atoms with Gasteiger partial charge in [-0.25, -0.2) is 8.78 Å². The molecular formula is C8H8F2NO+. The quantitative estimate of drug-likeness (QED) is 0.349. The number of rotatable bonds is 1. The van der Waals surface area contributed by atoms with Gasteiger partial charge in [0.15, 0.2) is 0 Å². The standard InChI is InChI=1S/C8H7F2NO/c1-5(11-12)7-3-2-6(9)4-8(7)10/h2-4,12H,1H3/p+1/b11-5+. The Morgan fingerprint density at radius 2 is 2.08 bits per heavy atom. The van der Waals surface area contributed by atoms with Crippen LogP contribution in [0.15, 0.2) is 23.4 Å². The maximum Gasteiger partial charge on any atom is 0.137 e. The summed E-state index contributed by atoms with van der Waals surface area (Å²) in [5.41, 5.74) is 0.388. The van der Waals surface area contributed by atoms with Crippen LogP contribution < -0.4 is 0 Å². The summed E-state index contributed by atoms with van der Waals surface area (Å²) in [6.45, 7) is 1.49. The minimum absolute atomic E-state index is 0.159. The molecule has 0 unspecified atom stereocenters. The molecule has 0 radical (unpaired) electrons. The van der Waals surface area contributed by atoms with Gasteiger partial charge in [-0.1, -0.05) is 0 Å². The molecule has 1 rings (SSSR count). The summed E-state index contributed by atoms with van der Waals surface area (Å²) in [5.74, 6) is -1.32. The predicted octanol–water partition coefficient (Wildman–Crippen LogP) is 1.41. The first-order valence-corrected chi connectivity index (χ1v) is 3.31. The third-order valence-electron chi connectivity index (χ3n) is 1.49. The van der Waals surface area contributed by atoms with E-state index in [0.29, 0.717) is 0 Å². The molecule has 0 saturated heterocycles. The molecule has 0 spiro atoms. The van der Waals surface area contributed by atoms with E-state index in [4.69, 9.17) is 5.21 Å². The molecule has 12 heavy (non-hydrogen) atoms. The van der Waals surface area contributed by atoms with Crippen LogP contribution in [0.25, 0.3) is 0 Å². The summed E-state index contributed by atoms with van der Waals surface area (Å²) in [6, 6.07) is 3.16. The lowest BCUT2D eigenvalue weighted by molar-refractivity contribution is 0.319. The highest BCUT2D eigenvalue weighted by molar-refractivity contribution is 5.98. The second kappa shape index (κ2) is 3.30. The van der Waals surface area contributed by atoms with Crippen molar-refractivity contribution in [3.8, 4) is 0 Å². The summed E-state index contributed by atoms with van der Waals surface area (Å²) in [5, 5.41) is 9.68. The van der Waals surface area contributed by atoms with Crippen molar-refractivity contribution < 1.29 is 14.0 Å². The highest BCUT2D eigenvalue weighted by Gasteiger charge is 2.07. The third-order valence-corrected chi connectivity index (χ3v) is 1.49. The molecule has 2 N–H and O–H groups in total. The zero-order chi connectivity index (χ0) is 9.14. The number of benzene rings is 1. The van der Waals surface area contributed by atoms with E-state index in [9.17, 15) is 8.78 Å². The van der Waals surface area contributed by atoms with Gasteiger partial charge in [0.05, 0.1) is 5.16 Å². The Kier molecular flexibility index (Phi) is 2.38. The van der Waals surface area contributed by atoms with Crippen molar-refractivity contribution in [3.63, 3.8) is 0 Å². The average Bonchev–Trinajstić information content (AvgIpc) is 2.03. The zero-order valence-electron chi connectivity index (χ0n) is 6.44. The first-order valence-electron chi connectivity index (χ1n) is 3.31. The highest BCUT2D eigenvalue weighted by Crippen LogP contribution is 2.10. The number of nitrogens with zero attached hydrogens (tertiary/aromatic N) is 1. The Hall–Kier alpha value is -1.45. The molecule has 1 aromatic rings. The molecule has 0 saturated carbocycles. The molecule has 0 amide bonds. The fourth-order valence-corrected chi connectivity index (χ4v) is 0.843. The van der Waals surface area contributed by atoms with Gasteiger partial charge in [-0.05, 0) is 19.1 Å². The van der Waals surface area contributed by atoms with E-state index in [2.05, 4.69) is 5.16 Å². The number of hydrogen-bond acceptors (Lipinski definition) is 1. The molecule has 0 heterocycles. The summed E-state index contributed by atoms with van der Waals surface area (Å²) in [6.07, 6.45) is 0. The van der Waals surface area contributed by atoms with Crippen molar-refractivity contribution in [2.45, 2.75) is 6.92 Å². The van der Waals surface area contributed by atoms with Crippen molar-refractivity contribution in [1.82, 2.24) is 0 Å². The summed E-state index contributed by atoms with van der Waals surface area (Å²) >= 11 is 0. The van der Waals surface area contributed by atoms with Crippen molar-refractivity contribution in [2.75, 3.05) is 0 Å². The van der Waals surface area contributed by atoms with Crippen LogP contribution in [0.1, 0.15) is 12.5 Å². The Bertz CT molecular complexity index is 323. The van der Waals surface area contributed by atoms with E-state index in [1.807, 2.05) is 0 Å². The van der Waals surface area contributed by atoms with Gasteiger partial charge < -0.3 is 5.21 Å². The third kappa shape index (κ3) is 1.58. The molecule has 0 bridgehead atoms. The van der Waals surface area contributed by atoms with Gasteiger partial charge >= 0.3 is 0 Å². The monoisotopic (exact) mass is 172 g/mol. The van der Waals surface area contributed by atoms with Crippen molar-refractivity contribution >= 4 is 5.71 Å². The smallest absolute Gasteiger partial charge is 0.137 e. The Labute approximate surface area is 68.1 Å². The second-order valence-corrected chi connectivity index (χ2v) is 2.32. The minimum Gasteiger partial charge on any atom is -0.469 e. The fraction of sp³-hybridized carbons (Fsp3) is 0.125. The highest BCUT2D eigenvalue weighted by atomic mass is 19.1. The molecule has 0 atom stereocenters. The molecule has 0 fully saturated rings. The first kappa shape index (κ1) is 8.64. The van der Waals surface area contributed by atoms with Crippen LogP contribution in [0.5, 0.6) is 0 Å². The van der Waals surface area contributed by atoms with Crippen LogP contribution in [0.2, 0.25) is 0 Å². The lowest BCUT2D eigenvalue weighted by Gasteiger charge is -1.97. The molecule has 64 valence electrons. The largest absolute Gasteiger partial charge is 0.469 e. The lowest BCUT2D eigenvalue weighted by Crippen LogP contribution is -1.98. The SMILES string of the molecule is C/C(=N\[OH2+])c1ccc(F)cc1F. The summed E-state index contributed by atoms with van der Waals surface area (Å²) < 4.78 is 25.3. The van der Waals surface area contributed by atoms with E-state index in [1.54, 1.807) is 0 Å². The molecular weight excluding hydrogens is 164 g/mol. The Morgan fingerprint density at radius 3 is 2.58 bits per heavy atom. The zero-order valence-corrected chi connectivity index (χ0v) is 6.44. The van der Waals surface area contributed by atoms with Gasteiger partial charge in [-0.15, -0.1) is 0 Å². The van der Waals surface area contributed by atoms with Gasteiger partial charge in [0.25, 0.3) is 0 Å². The minimum atomic E-state index is -0.691. The van der Waals surface area contributed by atoms with E-state index >= 15 is 0 Å². The van der Waals surface area contributed by atoms with E-state index in [0.717, 1.165) is 12.1 Å². The van der Waals surface area contributed by atoms with Crippen LogP contribution in [0, 0.1) is 11.6 Å². The maximum absolute atomic E-state index is 12.9. The maximum atomic E-state index is 12.9. The first-order chi connectivity index (χ1) is 5.65. The van der Waals surface area contributed by atoms with Gasteiger partial charge in [-0.2, -0.15) is 0 Å². The summed E-state index contributed by atoms with van der Waals surface area (Å²) in [4.78, 5) is 0. The lowest BCUT2D eigenvalue weighted by atomic mass is 10.1. The van der Waals surface area contributed by atoms with Crippen LogP contribution in [0.4, 0.5) is 8.78 Å². The normalized spacial score (nSPS) is 11.8. The van der Waals surface area contributed by atoms with Crippen LogP contribution >= 0.6 is 0 Å². The molecule has 0 aliphatic rings. The van der Waals surface area contributed by atoms with Crippen LogP contribution in [-0.4, -0.2) is 10.9 Å². The van der Waals surface area contributed by atoms with Gasteiger partial charge in [0.2, 0.25) is 0 Å². The van der Waals surface area contributed by atoms with E-state index < -0.39 is 11.6 Å². The molecule has 2 nitrogen and oxygen atoms in total. The Balaban J connectivity index is 3.18. The number of halogens is 2. The molecule has 1 aromatic carbocycles. The van der Waals surface area contributed by atoms with Gasteiger partial charge in [0.1, 0.15) is 17.3 Å². The molecule has 0 aliphatic heterocycles. The van der Waals surface area contributed by atoms with Crippen molar-refractivity contribution in [2.24, 2.45) is 5.16 Å². The van der Waals surface area contributed by atoms with E-state index in [-0.39, 0.29) is 11.3 Å². The average molecular weight is 172 g/mol. The molecule has 0 aromatic heterocycles. The predicted molar refractivity (Wildman–Crippen MR) is 42.2 cm³/mol. The Morgan fingerprint density at radius 1 is 1.42 bits per heavy atom. The van der Waals surface area contributed by atoms with Crippen molar-refractivity contribution in [1.29, 1.82) is 0 Å². The van der Waals surface area contributed by atoms with Gasteiger partial charge in [-0.3, -0.25) is 0 Å². The summed E-state index contributed by atoms with van der Waals surface area (Å²) in [7, 11) is 0. The fourth-order valence-electron chi connectivity index (χ4n) is 0.843. The molecule has 4 heteroatoms. The van der Waals surface area contributed by atoms with Crippen LogP contribution in [0.3, 0.4) is 0 Å². The number of hydrogen-bond donors (Lipinski definition) is 0. The topological polar surface area (TPSA) is 35.3 Å². The molecule has 0 aliphatic carbocycles. The van der Waals surface area contributed by atoms with Gasteiger partial charge in [0, 0.05) is 11.6 Å². The van der Waals surface area contributed by atoms with Crippen LogP contribution in [-0.2, 0) is 0 Å². The second-order valence-electron chi connectivity index (χ2n) is 2.32. The van der Waals surface area contributed by atoms with E-state index in [1.165, 1.54) is 13.0 Å². The van der Waals surface area contributed by atoms with Crippen molar-refractivity contribution in [3.05, 3.63) is 35.4 Å².